The van der Waals surface area contributed by atoms with Crippen LogP contribution in [0.3, 0.4) is 0 Å². The molecule has 4 heteroatoms. The predicted molar refractivity (Wildman–Crippen MR) is 58.8 cm³/mol. The summed E-state index contributed by atoms with van der Waals surface area (Å²) in [5.74, 6) is 0. The van der Waals surface area contributed by atoms with E-state index in [1.807, 2.05) is 6.07 Å². The zero-order valence-corrected chi connectivity index (χ0v) is 9.13. The van der Waals surface area contributed by atoms with Crippen LogP contribution in [0.2, 0.25) is 0 Å². The third-order valence-electron chi connectivity index (χ3n) is 2.14. The fraction of sp³-hybridized carbons (Fsp3) is 0.200. The van der Waals surface area contributed by atoms with Gasteiger partial charge >= 0.3 is 0 Å². The van der Waals surface area contributed by atoms with Crippen LogP contribution in [-0.2, 0) is 0 Å². The molecular weight excluding hydrogens is 222 g/mol. The molecule has 0 saturated heterocycles. The van der Waals surface area contributed by atoms with Crippen LogP contribution in [0, 0.1) is 6.92 Å². The maximum Gasteiger partial charge on any atom is 0.265 e. The molecule has 0 radical (unpaired) electrons. The highest BCUT2D eigenvalue weighted by Gasteiger charge is 2.18. The fourth-order valence-corrected chi connectivity index (χ4v) is 2.93. The van der Waals surface area contributed by atoms with Crippen LogP contribution in [0.5, 0.6) is 0 Å². The first-order valence-corrected chi connectivity index (χ1v) is 5.36. The average Bonchev–Trinajstić information content (AvgIpc) is 2.42. The number of hydrogen-bond donors (Lipinski definition) is 1. The molecule has 0 aliphatic carbocycles. The van der Waals surface area contributed by atoms with Crippen molar-refractivity contribution in [1.82, 2.24) is 0 Å². The number of fused-ring (bicyclic) bond motifs is 1. The SMILES string of the molecule is Cc1sc2c(S)cccc2c1C(F)F. The second-order valence-electron chi connectivity index (χ2n) is 3.03. The summed E-state index contributed by atoms with van der Waals surface area (Å²) in [4.78, 5) is 1.44. The molecule has 0 fully saturated rings. The van der Waals surface area contributed by atoms with Crippen molar-refractivity contribution < 1.29 is 8.78 Å². The average molecular weight is 230 g/mol. The van der Waals surface area contributed by atoms with E-state index >= 15 is 0 Å². The summed E-state index contributed by atoms with van der Waals surface area (Å²) >= 11 is 5.62. The summed E-state index contributed by atoms with van der Waals surface area (Å²) in [6, 6.07) is 5.29. The van der Waals surface area contributed by atoms with Crippen LogP contribution >= 0.6 is 24.0 Å². The van der Waals surface area contributed by atoms with Gasteiger partial charge in [0.1, 0.15) is 0 Å². The number of benzene rings is 1. The van der Waals surface area contributed by atoms with Gasteiger partial charge in [-0.1, -0.05) is 12.1 Å². The lowest BCUT2D eigenvalue weighted by Gasteiger charge is -1.99. The Labute approximate surface area is 90.0 Å². The minimum Gasteiger partial charge on any atom is -0.205 e. The lowest BCUT2D eigenvalue weighted by molar-refractivity contribution is 0.153. The third-order valence-corrected chi connectivity index (χ3v) is 3.83. The molecule has 0 nitrogen and oxygen atoms in total. The molecule has 0 unspecified atom stereocenters. The molecule has 0 atom stereocenters. The van der Waals surface area contributed by atoms with Crippen LogP contribution in [0.25, 0.3) is 10.1 Å². The molecule has 0 aliphatic rings. The van der Waals surface area contributed by atoms with E-state index in [4.69, 9.17) is 0 Å². The van der Waals surface area contributed by atoms with Gasteiger partial charge in [0.05, 0.1) is 0 Å². The Balaban J connectivity index is 2.83. The van der Waals surface area contributed by atoms with E-state index in [0.29, 0.717) is 10.3 Å². The number of aryl methyl sites for hydroxylation is 1. The van der Waals surface area contributed by atoms with Crippen molar-refractivity contribution in [2.24, 2.45) is 0 Å². The highest BCUT2D eigenvalue weighted by atomic mass is 32.1. The fourth-order valence-electron chi connectivity index (χ4n) is 1.51. The molecule has 0 spiro atoms. The van der Waals surface area contributed by atoms with Gasteiger partial charge < -0.3 is 0 Å². The summed E-state index contributed by atoms with van der Waals surface area (Å²) in [6.45, 7) is 1.72. The van der Waals surface area contributed by atoms with E-state index in [-0.39, 0.29) is 5.56 Å². The van der Waals surface area contributed by atoms with Gasteiger partial charge in [0.2, 0.25) is 0 Å². The summed E-state index contributed by atoms with van der Waals surface area (Å²) in [7, 11) is 0. The normalized spacial score (nSPS) is 11.5. The predicted octanol–water partition coefficient (Wildman–Crippen LogP) is 4.44. The molecule has 2 aromatic rings. The lowest BCUT2D eigenvalue weighted by atomic mass is 10.1. The second kappa shape index (κ2) is 3.51. The van der Waals surface area contributed by atoms with E-state index in [1.54, 1.807) is 19.1 Å². The van der Waals surface area contributed by atoms with Gasteiger partial charge in [0, 0.05) is 25.4 Å². The van der Waals surface area contributed by atoms with Crippen LogP contribution in [0.4, 0.5) is 8.78 Å². The molecule has 0 N–H and O–H groups in total. The Morgan fingerprint density at radius 1 is 1.36 bits per heavy atom. The van der Waals surface area contributed by atoms with Crippen LogP contribution in [0.1, 0.15) is 16.9 Å². The van der Waals surface area contributed by atoms with Crippen LogP contribution in [0.15, 0.2) is 23.1 Å². The Kier molecular flexibility index (Phi) is 2.49. The molecule has 2 rings (SSSR count). The van der Waals surface area contributed by atoms with Gasteiger partial charge in [-0.15, -0.1) is 24.0 Å². The summed E-state index contributed by atoms with van der Waals surface area (Å²) in [5.41, 5.74) is 0.154. The number of thiol groups is 1. The molecule has 1 aromatic carbocycles. The first-order valence-electron chi connectivity index (χ1n) is 4.10. The van der Waals surface area contributed by atoms with Crippen molar-refractivity contribution in [3.63, 3.8) is 0 Å². The highest BCUT2D eigenvalue weighted by Crippen LogP contribution is 2.39. The first-order chi connectivity index (χ1) is 6.61. The minimum atomic E-state index is -2.40. The van der Waals surface area contributed by atoms with E-state index < -0.39 is 6.43 Å². The van der Waals surface area contributed by atoms with Gasteiger partial charge in [-0.3, -0.25) is 0 Å². The highest BCUT2D eigenvalue weighted by molar-refractivity contribution is 7.80. The monoisotopic (exact) mass is 230 g/mol. The molecule has 0 aliphatic heterocycles. The van der Waals surface area contributed by atoms with Crippen LogP contribution < -0.4 is 0 Å². The van der Waals surface area contributed by atoms with Crippen molar-refractivity contribution in [1.29, 1.82) is 0 Å². The van der Waals surface area contributed by atoms with Gasteiger partial charge in [0.25, 0.3) is 6.43 Å². The number of thiophene rings is 1. The van der Waals surface area contributed by atoms with E-state index in [9.17, 15) is 8.78 Å². The van der Waals surface area contributed by atoms with Gasteiger partial charge in [0.15, 0.2) is 0 Å². The van der Waals surface area contributed by atoms with Crippen molar-refractivity contribution in [2.75, 3.05) is 0 Å². The molecular formula is C10H8F2S2. The zero-order valence-electron chi connectivity index (χ0n) is 7.42. The van der Waals surface area contributed by atoms with Gasteiger partial charge in [-0.2, -0.15) is 0 Å². The topological polar surface area (TPSA) is 0 Å². The Morgan fingerprint density at radius 2 is 2.07 bits per heavy atom. The number of alkyl halides is 2. The van der Waals surface area contributed by atoms with Crippen molar-refractivity contribution in [2.45, 2.75) is 18.2 Å². The smallest absolute Gasteiger partial charge is 0.205 e. The Morgan fingerprint density at radius 3 is 2.71 bits per heavy atom. The standard InChI is InChI=1S/C10H8F2S2/c1-5-8(10(11)12)6-3-2-4-7(13)9(6)14-5/h2-4,10,13H,1H3. The quantitative estimate of drug-likeness (QED) is 0.688. The van der Waals surface area contributed by atoms with E-state index in [2.05, 4.69) is 12.6 Å². The first kappa shape index (κ1) is 9.93. The van der Waals surface area contributed by atoms with Crippen molar-refractivity contribution >= 4 is 34.1 Å². The number of rotatable bonds is 1. The summed E-state index contributed by atoms with van der Waals surface area (Å²) in [6.07, 6.45) is -2.40. The molecule has 14 heavy (non-hydrogen) atoms. The molecule has 74 valence electrons. The summed E-state index contributed by atoms with van der Waals surface area (Å²) in [5, 5.41) is 0.634. The number of halogens is 2. The maximum absolute atomic E-state index is 12.7. The molecule has 1 aromatic heterocycles. The van der Waals surface area contributed by atoms with E-state index in [1.165, 1.54) is 11.3 Å². The largest absolute Gasteiger partial charge is 0.265 e. The van der Waals surface area contributed by atoms with Gasteiger partial charge in [-0.05, 0) is 13.0 Å². The third kappa shape index (κ3) is 1.42. The van der Waals surface area contributed by atoms with Crippen molar-refractivity contribution in [3.05, 3.63) is 28.6 Å². The van der Waals surface area contributed by atoms with E-state index in [0.717, 1.165) is 9.60 Å². The Bertz CT molecular complexity index is 474. The van der Waals surface area contributed by atoms with Crippen molar-refractivity contribution in [3.8, 4) is 0 Å². The second-order valence-corrected chi connectivity index (χ2v) is 4.73. The van der Waals surface area contributed by atoms with Crippen LogP contribution in [-0.4, -0.2) is 0 Å². The molecule has 0 bridgehead atoms. The summed E-state index contributed by atoms with van der Waals surface area (Å²) < 4.78 is 26.3. The molecule has 1 heterocycles. The minimum absolute atomic E-state index is 0.154. The Hall–Kier alpha value is -0.610. The molecule has 0 amide bonds. The van der Waals surface area contributed by atoms with Gasteiger partial charge in [-0.25, -0.2) is 8.78 Å². The maximum atomic E-state index is 12.7. The zero-order chi connectivity index (χ0) is 10.3. The molecule has 0 saturated carbocycles. The number of hydrogen-bond acceptors (Lipinski definition) is 2. The lowest BCUT2D eigenvalue weighted by Crippen LogP contribution is -1.83.